The number of hydrazine groups is 1. The van der Waals surface area contributed by atoms with Gasteiger partial charge < -0.3 is 14.5 Å². The highest BCUT2D eigenvalue weighted by atomic mass is 32.2. The summed E-state index contributed by atoms with van der Waals surface area (Å²) in [4.78, 5) is 37.7. The first-order valence-corrected chi connectivity index (χ1v) is 14.9. The summed E-state index contributed by atoms with van der Waals surface area (Å²) in [5.74, 6) is 6.36. The lowest BCUT2D eigenvalue weighted by Gasteiger charge is -2.29. The first-order valence-electron chi connectivity index (χ1n) is 13.5. The number of ether oxygens (including phenoxy) is 1. The SMILES string of the molecule is CCN1c2ncc(CCOc3cccc4c3CCN(CCCC(=O)NN)S4(=O)=O)cc2C(=O)N(C)c2cccnc21. The number of hydrogen-bond donors (Lipinski definition) is 2. The number of aromatic nitrogens is 2. The summed E-state index contributed by atoms with van der Waals surface area (Å²) in [5, 5.41) is 0. The Bertz CT molecular complexity index is 1580. The molecule has 0 unspecified atom stereocenters. The van der Waals surface area contributed by atoms with E-state index < -0.39 is 10.0 Å². The number of hydrogen-bond acceptors (Lipinski definition) is 9. The van der Waals surface area contributed by atoms with Crippen molar-refractivity contribution in [1.82, 2.24) is 19.7 Å². The molecule has 2 aliphatic rings. The number of carbonyl (C=O) groups excluding carboxylic acids is 2. The van der Waals surface area contributed by atoms with Crippen LogP contribution in [0.5, 0.6) is 5.75 Å². The summed E-state index contributed by atoms with van der Waals surface area (Å²) in [7, 11) is -1.99. The molecule has 0 bridgehead atoms. The molecule has 0 fully saturated rings. The Labute approximate surface area is 239 Å². The third-order valence-electron chi connectivity index (χ3n) is 7.35. The van der Waals surface area contributed by atoms with Crippen LogP contribution in [0.25, 0.3) is 0 Å². The summed E-state index contributed by atoms with van der Waals surface area (Å²) in [6.45, 7) is 3.39. The van der Waals surface area contributed by atoms with E-state index in [-0.39, 0.29) is 36.3 Å². The number of pyridine rings is 2. The molecule has 12 nitrogen and oxygen atoms in total. The quantitative estimate of drug-likeness (QED) is 0.221. The lowest BCUT2D eigenvalue weighted by molar-refractivity contribution is -0.121. The largest absolute Gasteiger partial charge is 0.493 e. The summed E-state index contributed by atoms with van der Waals surface area (Å²) in [5.41, 5.74) is 4.72. The topological polar surface area (TPSA) is 151 Å². The number of sulfonamides is 1. The van der Waals surface area contributed by atoms with Gasteiger partial charge in [0.25, 0.3) is 5.91 Å². The van der Waals surface area contributed by atoms with Crippen LogP contribution in [0.1, 0.15) is 41.3 Å². The minimum absolute atomic E-state index is 0.151. The van der Waals surface area contributed by atoms with Crippen molar-refractivity contribution in [2.45, 2.75) is 37.5 Å². The maximum absolute atomic E-state index is 13.4. The van der Waals surface area contributed by atoms with Crippen LogP contribution >= 0.6 is 0 Å². The Hall–Kier alpha value is -4.07. The summed E-state index contributed by atoms with van der Waals surface area (Å²) >= 11 is 0. The Balaban J connectivity index is 1.30. The van der Waals surface area contributed by atoms with E-state index in [9.17, 15) is 18.0 Å². The average Bonchev–Trinajstić information content (AvgIpc) is 3.06. The monoisotopic (exact) mass is 579 g/mol. The van der Waals surface area contributed by atoms with Crippen molar-refractivity contribution >= 4 is 39.2 Å². The van der Waals surface area contributed by atoms with E-state index in [1.807, 2.05) is 24.0 Å². The van der Waals surface area contributed by atoms with Crippen LogP contribution in [0.3, 0.4) is 0 Å². The van der Waals surface area contributed by atoms with Crippen LogP contribution in [0, 0.1) is 0 Å². The molecule has 3 N–H and O–H groups in total. The number of nitrogens with zero attached hydrogens (tertiary/aromatic N) is 5. The first kappa shape index (κ1) is 28.5. The minimum Gasteiger partial charge on any atom is -0.493 e. The predicted octanol–water partition coefficient (Wildman–Crippen LogP) is 2.16. The van der Waals surface area contributed by atoms with E-state index in [0.29, 0.717) is 66.6 Å². The van der Waals surface area contributed by atoms with Gasteiger partial charge in [0, 0.05) is 57.5 Å². The molecule has 0 atom stereocenters. The molecule has 2 aromatic heterocycles. The smallest absolute Gasteiger partial charge is 0.261 e. The summed E-state index contributed by atoms with van der Waals surface area (Å²) in [6, 6.07) is 10.5. The van der Waals surface area contributed by atoms with Crippen LogP contribution in [0.2, 0.25) is 0 Å². The number of benzene rings is 1. The van der Waals surface area contributed by atoms with Gasteiger partial charge in [0.2, 0.25) is 15.9 Å². The van der Waals surface area contributed by atoms with E-state index in [2.05, 4.69) is 15.4 Å². The first-order chi connectivity index (χ1) is 19.8. The molecule has 3 aromatic rings. The number of fused-ring (bicyclic) bond motifs is 3. The predicted molar refractivity (Wildman–Crippen MR) is 154 cm³/mol. The molecule has 41 heavy (non-hydrogen) atoms. The lowest BCUT2D eigenvalue weighted by Crippen LogP contribution is -2.39. The van der Waals surface area contributed by atoms with Crippen molar-refractivity contribution in [1.29, 1.82) is 0 Å². The van der Waals surface area contributed by atoms with E-state index in [0.717, 1.165) is 5.56 Å². The van der Waals surface area contributed by atoms with Crippen molar-refractivity contribution in [2.75, 3.05) is 43.1 Å². The van der Waals surface area contributed by atoms with Gasteiger partial charge in [-0.25, -0.2) is 24.2 Å². The Morgan fingerprint density at radius 3 is 2.78 bits per heavy atom. The van der Waals surface area contributed by atoms with Crippen LogP contribution < -0.4 is 25.8 Å². The molecule has 2 aliphatic heterocycles. The zero-order chi connectivity index (χ0) is 29.1. The molecule has 0 aliphatic carbocycles. The highest BCUT2D eigenvalue weighted by Gasteiger charge is 2.33. The maximum atomic E-state index is 13.4. The number of nitrogens with one attached hydrogen (secondary N) is 1. The van der Waals surface area contributed by atoms with Gasteiger partial charge in [-0.05, 0) is 55.7 Å². The van der Waals surface area contributed by atoms with Gasteiger partial charge >= 0.3 is 0 Å². The van der Waals surface area contributed by atoms with Gasteiger partial charge in [-0.1, -0.05) is 6.07 Å². The minimum atomic E-state index is -3.71. The maximum Gasteiger partial charge on any atom is 0.261 e. The standard InChI is InChI=1S/C28H33N7O5S/c1-3-35-26-21(28(37)33(2)22-7-5-13-30-27(22)35)17-19(18-31-26)12-16-40-23-8-4-9-24-20(23)11-15-34(41(24,38)39)14-6-10-25(36)32-29/h4-5,7-9,13,17-18H,3,6,10-12,14-16,29H2,1-2H3,(H,32,36). The van der Waals surface area contributed by atoms with E-state index in [4.69, 9.17) is 10.6 Å². The fourth-order valence-corrected chi connectivity index (χ4v) is 6.97. The molecule has 2 amide bonds. The van der Waals surface area contributed by atoms with Gasteiger partial charge in [0.1, 0.15) is 11.6 Å². The third-order valence-corrected chi connectivity index (χ3v) is 9.34. The van der Waals surface area contributed by atoms with E-state index >= 15 is 0 Å². The highest BCUT2D eigenvalue weighted by molar-refractivity contribution is 7.89. The second-order valence-corrected chi connectivity index (χ2v) is 11.7. The normalized spacial score (nSPS) is 15.9. The molecule has 5 rings (SSSR count). The molecule has 0 spiro atoms. The Morgan fingerprint density at radius 1 is 1.17 bits per heavy atom. The van der Waals surface area contributed by atoms with Crippen molar-refractivity contribution in [2.24, 2.45) is 5.84 Å². The van der Waals surface area contributed by atoms with E-state index in [1.165, 1.54) is 4.31 Å². The van der Waals surface area contributed by atoms with Crippen LogP contribution in [-0.2, 0) is 27.7 Å². The molecule has 4 heterocycles. The molecule has 216 valence electrons. The highest BCUT2D eigenvalue weighted by Crippen LogP contribution is 2.37. The second-order valence-electron chi connectivity index (χ2n) is 9.83. The summed E-state index contributed by atoms with van der Waals surface area (Å²) in [6.07, 6.45) is 4.93. The van der Waals surface area contributed by atoms with Crippen LogP contribution in [0.4, 0.5) is 17.3 Å². The van der Waals surface area contributed by atoms with Crippen molar-refractivity contribution in [3.63, 3.8) is 0 Å². The van der Waals surface area contributed by atoms with Gasteiger partial charge in [-0.15, -0.1) is 0 Å². The van der Waals surface area contributed by atoms with Gasteiger partial charge in [-0.3, -0.25) is 15.0 Å². The van der Waals surface area contributed by atoms with E-state index in [1.54, 1.807) is 48.6 Å². The average molecular weight is 580 g/mol. The number of rotatable bonds is 9. The van der Waals surface area contributed by atoms with Crippen LogP contribution in [-0.4, -0.2) is 67.8 Å². The van der Waals surface area contributed by atoms with Gasteiger partial charge in [0.15, 0.2) is 5.82 Å². The number of amides is 2. The molecular weight excluding hydrogens is 546 g/mol. The number of carbonyl (C=O) groups is 2. The third kappa shape index (κ3) is 5.47. The molecule has 13 heteroatoms. The lowest BCUT2D eigenvalue weighted by atomic mass is 10.1. The molecular formula is C28H33N7O5S. The molecule has 0 saturated heterocycles. The number of nitrogens with two attached hydrogens (primary N) is 1. The summed E-state index contributed by atoms with van der Waals surface area (Å²) < 4.78 is 34.0. The second kappa shape index (κ2) is 11.8. The molecule has 1 aromatic carbocycles. The Kier molecular flexibility index (Phi) is 8.20. The zero-order valence-corrected chi connectivity index (χ0v) is 23.9. The van der Waals surface area contributed by atoms with Gasteiger partial charge in [0.05, 0.1) is 22.8 Å². The fraction of sp³-hybridized carbons (Fsp3) is 0.357. The van der Waals surface area contributed by atoms with Crippen LogP contribution in [0.15, 0.2) is 53.7 Å². The molecule has 0 saturated carbocycles. The van der Waals surface area contributed by atoms with Crippen molar-refractivity contribution in [3.05, 3.63) is 65.5 Å². The van der Waals surface area contributed by atoms with Crippen molar-refractivity contribution in [3.8, 4) is 5.75 Å². The van der Waals surface area contributed by atoms with Gasteiger partial charge in [-0.2, -0.15) is 4.31 Å². The Morgan fingerprint density at radius 2 is 2.00 bits per heavy atom. The van der Waals surface area contributed by atoms with Crippen molar-refractivity contribution < 1.29 is 22.7 Å². The fourth-order valence-electron chi connectivity index (χ4n) is 5.22. The number of anilines is 3. The molecule has 0 radical (unpaired) electrons. The zero-order valence-electron chi connectivity index (χ0n) is 23.0.